The van der Waals surface area contributed by atoms with Crippen LogP contribution in [0.15, 0.2) is 30.3 Å². The first-order valence-electron chi connectivity index (χ1n) is 5.55. The first kappa shape index (κ1) is 9.72. The van der Waals surface area contributed by atoms with Gasteiger partial charge in [-0.1, -0.05) is 44.2 Å². The predicted molar refractivity (Wildman–Crippen MR) is 60.4 cm³/mol. The normalized spacial score (nSPS) is 25.4. The zero-order valence-corrected chi connectivity index (χ0v) is 9.03. The van der Waals surface area contributed by atoms with E-state index in [0.29, 0.717) is 6.04 Å². The van der Waals surface area contributed by atoms with Crippen LogP contribution in [-0.4, -0.2) is 12.6 Å². The molecule has 0 unspecified atom stereocenters. The Labute approximate surface area is 86.5 Å². The van der Waals surface area contributed by atoms with Crippen molar-refractivity contribution in [2.75, 3.05) is 6.54 Å². The lowest BCUT2D eigenvalue weighted by molar-refractivity contribution is 0.554. The fraction of sp³-hybridized carbons (Fsp3) is 0.538. The second kappa shape index (κ2) is 4.14. The molecule has 1 fully saturated rings. The minimum atomic E-state index is 0.618. The molecule has 0 saturated heterocycles. The molecule has 0 aliphatic heterocycles. The van der Waals surface area contributed by atoms with Crippen molar-refractivity contribution in [3.63, 3.8) is 0 Å². The summed E-state index contributed by atoms with van der Waals surface area (Å²) in [5.41, 5.74) is 1.52. The summed E-state index contributed by atoms with van der Waals surface area (Å²) < 4.78 is 0. The third kappa shape index (κ3) is 2.36. The summed E-state index contributed by atoms with van der Waals surface area (Å²) in [6.45, 7) is 5.59. The molecule has 0 heterocycles. The molecular formula is C13H19N. The standard InChI is InChI=1S/C13H19N/c1-10(2)14-9-12-8-13(12)11-6-4-3-5-7-11/h3-7,10,12-14H,8-9H2,1-2H3/t12-,13-/m1/s1. The van der Waals surface area contributed by atoms with Gasteiger partial charge < -0.3 is 5.32 Å². The van der Waals surface area contributed by atoms with Crippen molar-refractivity contribution in [2.45, 2.75) is 32.2 Å². The molecule has 0 spiro atoms. The predicted octanol–water partition coefficient (Wildman–Crippen LogP) is 2.79. The highest BCUT2D eigenvalue weighted by Gasteiger charge is 2.37. The van der Waals surface area contributed by atoms with Crippen molar-refractivity contribution in [1.29, 1.82) is 0 Å². The second-order valence-electron chi connectivity index (χ2n) is 4.58. The van der Waals surface area contributed by atoms with Gasteiger partial charge in [-0.05, 0) is 30.4 Å². The molecule has 0 aromatic heterocycles. The smallest absolute Gasteiger partial charge is 0.00104 e. The van der Waals surface area contributed by atoms with E-state index in [0.717, 1.165) is 11.8 Å². The molecular weight excluding hydrogens is 170 g/mol. The molecule has 2 rings (SSSR count). The van der Waals surface area contributed by atoms with Crippen molar-refractivity contribution >= 4 is 0 Å². The van der Waals surface area contributed by atoms with Crippen molar-refractivity contribution < 1.29 is 0 Å². The first-order chi connectivity index (χ1) is 6.77. The first-order valence-corrected chi connectivity index (χ1v) is 5.55. The summed E-state index contributed by atoms with van der Waals surface area (Å²) in [4.78, 5) is 0. The van der Waals surface area contributed by atoms with Crippen molar-refractivity contribution in [3.8, 4) is 0 Å². The summed E-state index contributed by atoms with van der Waals surface area (Å²) in [6.07, 6.45) is 1.36. The Morgan fingerprint density at radius 2 is 2.00 bits per heavy atom. The molecule has 1 saturated carbocycles. The van der Waals surface area contributed by atoms with Crippen LogP contribution in [0.2, 0.25) is 0 Å². The fourth-order valence-electron chi connectivity index (χ4n) is 1.97. The zero-order chi connectivity index (χ0) is 9.97. The van der Waals surface area contributed by atoms with E-state index in [1.165, 1.54) is 18.5 Å². The van der Waals surface area contributed by atoms with Crippen LogP contribution in [0.25, 0.3) is 0 Å². The third-order valence-electron chi connectivity index (χ3n) is 2.94. The molecule has 14 heavy (non-hydrogen) atoms. The monoisotopic (exact) mass is 189 g/mol. The van der Waals surface area contributed by atoms with Crippen LogP contribution in [-0.2, 0) is 0 Å². The van der Waals surface area contributed by atoms with Gasteiger partial charge in [-0.2, -0.15) is 0 Å². The lowest BCUT2D eigenvalue weighted by atomic mass is 10.1. The molecule has 1 N–H and O–H groups in total. The van der Waals surface area contributed by atoms with Gasteiger partial charge in [0.05, 0.1) is 0 Å². The number of hydrogen-bond acceptors (Lipinski definition) is 1. The number of nitrogens with one attached hydrogen (secondary N) is 1. The molecule has 1 aromatic rings. The van der Waals surface area contributed by atoms with Crippen LogP contribution in [0, 0.1) is 5.92 Å². The van der Waals surface area contributed by atoms with Crippen LogP contribution in [0.1, 0.15) is 31.7 Å². The van der Waals surface area contributed by atoms with E-state index in [1.807, 2.05) is 0 Å². The van der Waals surface area contributed by atoms with Crippen LogP contribution >= 0.6 is 0 Å². The average molecular weight is 189 g/mol. The van der Waals surface area contributed by atoms with Crippen molar-refractivity contribution in [2.24, 2.45) is 5.92 Å². The SMILES string of the molecule is CC(C)NC[C@H]1C[C@@H]1c1ccccc1. The number of hydrogen-bond donors (Lipinski definition) is 1. The Balaban J connectivity index is 1.82. The van der Waals surface area contributed by atoms with Gasteiger partial charge >= 0.3 is 0 Å². The maximum Gasteiger partial charge on any atom is 0.00104 e. The zero-order valence-electron chi connectivity index (χ0n) is 9.03. The van der Waals surface area contributed by atoms with Gasteiger partial charge in [0.15, 0.2) is 0 Å². The summed E-state index contributed by atoms with van der Waals surface area (Å²) in [5, 5.41) is 3.51. The molecule has 0 bridgehead atoms. The van der Waals surface area contributed by atoms with Crippen LogP contribution in [0.3, 0.4) is 0 Å². The molecule has 1 heteroatoms. The summed E-state index contributed by atoms with van der Waals surface area (Å²) in [5.74, 6) is 1.70. The van der Waals surface area contributed by atoms with E-state index in [4.69, 9.17) is 0 Å². The van der Waals surface area contributed by atoms with Gasteiger partial charge in [-0.15, -0.1) is 0 Å². The molecule has 1 aliphatic rings. The van der Waals surface area contributed by atoms with Crippen LogP contribution < -0.4 is 5.32 Å². The Bertz CT molecular complexity index is 279. The van der Waals surface area contributed by atoms with Crippen LogP contribution in [0.4, 0.5) is 0 Å². The molecule has 1 nitrogen and oxygen atoms in total. The minimum Gasteiger partial charge on any atom is -0.314 e. The topological polar surface area (TPSA) is 12.0 Å². The van der Waals surface area contributed by atoms with Crippen LogP contribution in [0.5, 0.6) is 0 Å². The minimum absolute atomic E-state index is 0.618. The lowest BCUT2D eigenvalue weighted by Gasteiger charge is -2.07. The third-order valence-corrected chi connectivity index (χ3v) is 2.94. The second-order valence-corrected chi connectivity index (χ2v) is 4.58. The van der Waals surface area contributed by atoms with Crippen molar-refractivity contribution in [1.82, 2.24) is 5.32 Å². The maximum absolute atomic E-state index is 3.51. The number of benzene rings is 1. The Morgan fingerprint density at radius 3 is 2.64 bits per heavy atom. The Kier molecular flexibility index (Phi) is 2.87. The van der Waals surface area contributed by atoms with E-state index in [9.17, 15) is 0 Å². The van der Waals surface area contributed by atoms with Gasteiger partial charge in [0.2, 0.25) is 0 Å². The van der Waals surface area contributed by atoms with Crippen molar-refractivity contribution in [3.05, 3.63) is 35.9 Å². The Morgan fingerprint density at radius 1 is 1.29 bits per heavy atom. The molecule has 2 atom stereocenters. The van der Waals surface area contributed by atoms with Gasteiger partial charge in [0.25, 0.3) is 0 Å². The molecule has 1 aliphatic carbocycles. The quantitative estimate of drug-likeness (QED) is 0.768. The lowest BCUT2D eigenvalue weighted by Crippen LogP contribution is -2.25. The van der Waals surface area contributed by atoms with Gasteiger partial charge in [0, 0.05) is 6.04 Å². The summed E-state index contributed by atoms with van der Waals surface area (Å²) in [7, 11) is 0. The largest absolute Gasteiger partial charge is 0.314 e. The average Bonchev–Trinajstić information content (AvgIpc) is 2.95. The molecule has 76 valence electrons. The van der Waals surface area contributed by atoms with Gasteiger partial charge in [0.1, 0.15) is 0 Å². The summed E-state index contributed by atoms with van der Waals surface area (Å²) >= 11 is 0. The molecule has 1 aromatic carbocycles. The van der Waals surface area contributed by atoms with E-state index in [1.54, 1.807) is 0 Å². The highest BCUT2D eigenvalue weighted by atomic mass is 14.9. The van der Waals surface area contributed by atoms with E-state index >= 15 is 0 Å². The Hall–Kier alpha value is -0.820. The fourth-order valence-corrected chi connectivity index (χ4v) is 1.97. The molecule has 0 amide bonds. The van der Waals surface area contributed by atoms with E-state index < -0.39 is 0 Å². The van der Waals surface area contributed by atoms with E-state index in [2.05, 4.69) is 49.5 Å². The number of rotatable bonds is 4. The summed E-state index contributed by atoms with van der Waals surface area (Å²) in [6, 6.07) is 11.5. The highest BCUT2D eigenvalue weighted by molar-refractivity contribution is 5.25. The van der Waals surface area contributed by atoms with Gasteiger partial charge in [-0.25, -0.2) is 0 Å². The maximum atomic E-state index is 3.51. The van der Waals surface area contributed by atoms with E-state index in [-0.39, 0.29) is 0 Å². The van der Waals surface area contributed by atoms with Gasteiger partial charge in [-0.3, -0.25) is 0 Å². The highest BCUT2D eigenvalue weighted by Crippen LogP contribution is 2.46. The molecule has 0 radical (unpaired) electrons.